The Morgan fingerprint density at radius 1 is 1.17 bits per heavy atom. The average molecular weight is 374 g/mol. The molecule has 0 aliphatic heterocycles. The van der Waals surface area contributed by atoms with Crippen LogP contribution < -0.4 is 5.56 Å². The van der Waals surface area contributed by atoms with Gasteiger partial charge in [0.25, 0.3) is 5.56 Å². The normalized spacial score (nSPS) is 13.0. The van der Waals surface area contributed by atoms with Crippen LogP contribution in [0.4, 0.5) is 0 Å². The molecule has 1 atom stereocenters. The summed E-state index contributed by atoms with van der Waals surface area (Å²) < 4.78 is 2.17. The van der Waals surface area contributed by atoms with Crippen LogP contribution in [0.5, 0.6) is 0 Å². The lowest BCUT2D eigenvalue weighted by molar-refractivity contribution is 0.924. The fourth-order valence-corrected chi connectivity index (χ4v) is 5.88. The molecule has 1 N–H and O–H groups in total. The molecule has 4 aromatic rings. The van der Waals surface area contributed by atoms with Gasteiger partial charge in [0.1, 0.15) is 10.7 Å². The Hall–Kier alpha value is -1.70. The summed E-state index contributed by atoms with van der Waals surface area (Å²) in [5.74, 6) is 0.706. The van der Waals surface area contributed by atoms with Gasteiger partial charge in [-0.2, -0.15) is 0 Å². The minimum atomic E-state index is -0.0476. The van der Waals surface area contributed by atoms with Crippen molar-refractivity contribution in [1.82, 2.24) is 15.0 Å². The van der Waals surface area contributed by atoms with Crippen molar-refractivity contribution in [3.8, 4) is 0 Å². The van der Waals surface area contributed by atoms with E-state index in [4.69, 9.17) is 0 Å². The number of thiophene rings is 1. The number of fused-ring (bicyclic) bond motifs is 2. The van der Waals surface area contributed by atoms with Gasteiger partial charge in [-0.05, 0) is 38.5 Å². The maximum Gasteiger partial charge on any atom is 0.259 e. The molecule has 24 heavy (non-hydrogen) atoms. The maximum atomic E-state index is 12.4. The Balaban J connectivity index is 1.70. The third kappa shape index (κ3) is 2.66. The number of hydrogen-bond acceptors (Lipinski definition) is 6. The number of aromatic amines is 1. The fourth-order valence-electron chi connectivity index (χ4n) is 2.57. The van der Waals surface area contributed by atoms with E-state index in [-0.39, 0.29) is 10.8 Å². The van der Waals surface area contributed by atoms with Gasteiger partial charge in [-0.25, -0.2) is 9.97 Å². The van der Waals surface area contributed by atoms with Gasteiger partial charge in [-0.1, -0.05) is 23.9 Å². The minimum Gasteiger partial charge on any atom is -0.309 e. The van der Waals surface area contributed by atoms with E-state index in [0.29, 0.717) is 5.82 Å². The predicted molar refractivity (Wildman–Crippen MR) is 104 cm³/mol. The molecule has 0 fully saturated rings. The molecule has 0 spiro atoms. The van der Waals surface area contributed by atoms with Crippen LogP contribution in [0.3, 0.4) is 0 Å². The fraction of sp³-hybridized carbons (Fsp3) is 0.235. The number of H-pyrrole nitrogens is 1. The van der Waals surface area contributed by atoms with Gasteiger partial charge in [-0.3, -0.25) is 4.79 Å². The van der Waals surface area contributed by atoms with Gasteiger partial charge in [0.15, 0.2) is 4.34 Å². The van der Waals surface area contributed by atoms with Crippen LogP contribution in [0, 0.1) is 13.8 Å². The molecule has 0 unspecified atom stereocenters. The Morgan fingerprint density at radius 2 is 1.96 bits per heavy atom. The van der Waals surface area contributed by atoms with Crippen molar-refractivity contribution in [3.05, 3.63) is 50.9 Å². The summed E-state index contributed by atoms with van der Waals surface area (Å²) in [6.07, 6.45) is 0. The topological polar surface area (TPSA) is 58.6 Å². The van der Waals surface area contributed by atoms with Crippen molar-refractivity contribution in [2.75, 3.05) is 0 Å². The van der Waals surface area contributed by atoms with Crippen LogP contribution in [0.2, 0.25) is 0 Å². The van der Waals surface area contributed by atoms with Crippen LogP contribution in [0.25, 0.3) is 20.4 Å². The number of nitrogens with one attached hydrogen (secondary N) is 1. The van der Waals surface area contributed by atoms with Crippen LogP contribution in [0.15, 0.2) is 33.4 Å². The zero-order valence-electron chi connectivity index (χ0n) is 13.4. The first-order valence-electron chi connectivity index (χ1n) is 7.55. The summed E-state index contributed by atoms with van der Waals surface area (Å²) in [6.45, 7) is 6.05. The average Bonchev–Trinajstić information content (AvgIpc) is 3.08. The molecular weight excluding hydrogens is 358 g/mol. The van der Waals surface area contributed by atoms with Gasteiger partial charge in [0.05, 0.1) is 20.9 Å². The maximum absolute atomic E-state index is 12.4. The molecule has 0 saturated carbocycles. The van der Waals surface area contributed by atoms with Gasteiger partial charge < -0.3 is 4.98 Å². The highest BCUT2D eigenvalue weighted by Crippen LogP contribution is 2.38. The summed E-state index contributed by atoms with van der Waals surface area (Å²) in [7, 11) is 0. The summed E-state index contributed by atoms with van der Waals surface area (Å²) >= 11 is 4.88. The van der Waals surface area contributed by atoms with Crippen LogP contribution >= 0.6 is 34.4 Å². The van der Waals surface area contributed by atoms with E-state index >= 15 is 0 Å². The van der Waals surface area contributed by atoms with Crippen molar-refractivity contribution in [3.63, 3.8) is 0 Å². The van der Waals surface area contributed by atoms with Crippen molar-refractivity contribution >= 4 is 54.9 Å². The second-order valence-corrected chi connectivity index (χ2v) is 9.44. The summed E-state index contributed by atoms with van der Waals surface area (Å²) in [6, 6.07) is 8.11. The summed E-state index contributed by atoms with van der Waals surface area (Å²) in [5.41, 5.74) is 1.99. The third-order valence-electron chi connectivity index (χ3n) is 3.99. The quantitative estimate of drug-likeness (QED) is 0.510. The second kappa shape index (κ2) is 5.98. The number of rotatable bonds is 3. The van der Waals surface area contributed by atoms with E-state index in [1.54, 1.807) is 34.4 Å². The molecule has 1 aromatic carbocycles. The molecule has 3 heterocycles. The van der Waals surface area contributed by atoms with Gasteiger partial charge >= 0.3 is 0 Å². The van der Waals surface area contributed by atoms with Crippen molar-refractivity contribution in [1.29, 1.82) is 0 Å². The molecule has 0 aliphatic carbocycles. The van der Waals surface area contributed by atoms with E-state index in [1.807, 2.05) is 39.0 Å². The molecule has 3 aromatic heterocycles. The molecule has 7 heteroatoms. The SMILES string of the molecule is Cc1sc2nc([C@@H](C)Sc3nc4ccccc4s3)[nH]c(=O)c2c1C. The lowest BCUT2D eigenvalue weighted by Crippen LogP contribution is -2.12. The van der Waals surface area contributed by atoms with Gasteiger partial charge in [0.2, 0.25) is 0 Å². The van der Waals surface area contributed by atoms with Gasteiger partial charge in [0, 0.05) is 4.88 Å². The van der Waals surface area contributed by atoms with E-state index in [9.17, 15) is 4.79 Å². The van der Waals surface area contributed by atoms with Crippen LogP contribution in [-0.2, 0) is 0 Å². The zero-order valence-corrected chi connectivity index (χ0v) is 15.9. The summed E-state index contributed by atoms with van der Waals surface area (Å²) in [5, 5.41) is 0.754. The van der Waals surface area contributed by atoms with Gasteiger partial charge in [-0.15, -0.1) is 22.7 Å². The number of nitrogens with zero attached hydrogens (tertiary/aromatic N) is 2. The first-order valence-corrected chi connectivity index (χ1v) is 10.1. The van der Waals surface area contributed by atoms with E-state index < -0.39 is 0 Å². The zero-order chi connectivity index (χ0) is 16.8. The van der Waals surface area contributed by atoms with Crippen molar-refractivity contribution in [2.45, 2.75) is 30.4 Å². The molecule has 0 aliphatic rings. The van der Waals surface area contributed by atoms with Crippen LogP contribution in [-0.4, -0.2) is 15.0 Å². The van der Waals surface area contributed by atoms with Crippen molar-refractivity contribution in [2.24, 2.45) is 0 Å². The third-order valence-corrected chi connectivity index (χ3v) is 7.33. The highest BCUT2D eigenvalue weighted by Gasteiger charge is 2.17. The van der Waals surface area contributed by atoms with E-state index in [0.717, 1.165) is 30.5 Å². The summed E-state index contributed by atoms with van der Waals surface area (Å²) in [4.78, 5) is 26.7. The molecule has 4 nitrogen and oxygen atoms in total. The number of para-hydroxylation sites is 1. The number of aromatic nitrogens is 3. The number of thioether (sulfide) groups is 1. The largest absolute Gasteiger partial charge is 0.309 e. The van der Waals surface area contributed by atoms with E-state index in [2.05, 4.69) is 21.0 Å². The Morgan fingerprint density at radius 3 is 2.75 bits per heavy atom. The Kier molecular flexibility index (Phi) is 3.94. The molecule has 0 amide bonds. The smallest absolute Gasteiger partial charge is 0.259 e. The number of thiazole rings is 1. The molecule has 4 rings (SSSR count). The Labute approximate surface area is 151 Å². The van der Waals surface area contributed by atoms with Crippen LogP contribution in [0.1, 0.15) is 28.4 Å². The molecule has 0 bridgehead atoms. The highest BCUT2D eigenvalue weighted by atomic mass is 32.2. The number of aryl methyl sites for hydroxylation is 2. The predicted octanol–water partition coefficient (Wildman–Crippen LogP) is 5.06. The standard InChI is InChI=1S/C17H15N3OS3/c1-8-9(2)22-16-13(8)15(21)19-14(20-16)10(3)23-17-18-11-6-4-5-7-12(11)24-17/h4-7,10H,1-3H3,(H,19,20,21)/t10-/m1/s1. The van der Waals surface area contributed by atoms with E-state index in [1.165, 1.54) is 4.70 Å². The Bertz CT molecular complexity index is 1080. The second-order valence-electron chi connectivity index (χ2n) is 5.62. The minimum absolute atomic E-state index is 0.0328. The lowest BCUT2D eigenvalue weighted by atomic mass is 10.2. The monoisotopic (exact) mass is 373 g/mol. The molecular formula is C17H15N3OS3. The molecule has 122 valence electrons. The number of benzene rings is 1. The first kappa shape index (κ1) is 15.8. The number of hydrogen-bond donors (Lipinski definition) is 1. The molecule has 0 saturated heterocycles. The lowest BCUT2D eigenvalue weighted by Gasteiger charge is -2.08. The molecule has 0 radical (unpaired) electrons. The first-order chi connectivity index (χ1) is 11.5. The van der Waals surface area contributed by atoms with Crippen molar-refractivity contribution < 1.29 is 0 Å². The highest BCUT2D eigenvalue weighted by molar-refractivity contribution is 8.01.